The lowest BCUT2D eigenvalue weighted by Gasteiger charge is -2.14. The minimum Gasteiger partial charge on any atom is -0.382 e. The summed E-state index contributed by atoms with van der Waals surface area (Å²) in [4.78, 5) is 28.9. The third-order valence-corrected chi connectivity index (χ3v) is 6.49. The summed E-state index contributed by atoms with van der Waals surface area (Å²) in [6.45, 7) is 1.74. The molecule has 0 atom stereocenters. The van der Waals surface area contributed by atoms with Crippen LogP contribution in [0.3, 0.4) is 0 Å². The average Bonchev–Trinajstić information content (AvgIpc) is 3.55. The van der Waals surface area contributed by atoms with Crippen molar-refractivity contribution in [1.82, 2.24) is 39.6 Å². The number of fused-ring (bicyclic) bond motifs is 3. The summed E-state index contributed by atoms with van der Waals surface area (Å²) < 4.78 is 3.85. The third-order valence-electron chi connectivity index (χ3n) is 6.27. The Labute approximate surface area is 199 Å². The molecule has 0 unspecified atom stereocenters. The van der Waals surface area contributed by atoms with Gasteiger partial charge in [0.1, 0.15) is 11.8 Å². The van der Waals surface area contributed by atoms with Gasteiger partial charge >= 0.3 is 0 Å². The molecule has 0 saturated carbocycles. The number of rotatable bonds is 5. The number of aromatic nitrogens is 7. The Morgan fingerprint density at radius 3 is 3.03 bits per heavy atom. The van der Waals surface area contributed by atoms with Crippen molar-refractivity contribution in [1.29, 1.82) is 0 Å². The molecule has 1 aliphatic rings. The average molecular weight is 476 g/mol. The number of aryl methyl sites for hydroxylation is 1. The maximum atomic E-state index is 12.8. The number of nitrogens with two attached hydrogens (primary N) is 1. The van der Waals surface area contributed by atoms with E-state index in [-0.39, 0.29) is 5.91 Å². The summed E-state index contributed by atoms with van der Waals surface area (Å²) in [5.74, 6) is 0.236. The lowest BCUT2D eigenvalue weighted by molar-refractivity contribution is 0.0949. The number of benzene rings is 1. The van der Waals surface area contributed by atoms with Crippen LogP contribution in [0.2, 0.25) is 5.02 Å². The quantitative estimate of drug-likeness (QED) is 0.358. The lowest BCUT2D eigenvalue weighted by atomic mass is 10.1. The Morgan fingerprint density at radius 2 is 2.12 bits per heavy atom. The third kappa shape index (κ3) is 3.56. The van der Waals surface area contributed by atoms with E-state index in [1.807, 2.05) is 27.4 Å². The number of H-pyrrole nitrogens is 1. The van der Waals surface area contributed by atoms with Gasteiger partial charge in [-0.05, 0) is 43.0 Å². The minimum absolute atomic E-state index is 0.109. The Bertz CT molecular complexity index is 1550. The first-order valence-electron chi connectivity index (χ1n) is 11.1. The number of carbonyl (C=O) groups excluding carboxylic acids is 1. The van der Waals surface area contributed by atoms with E-state index in [1.165, 1.54) is 6.33 Å². The maximum absolute atomic E-state index is 12.8. The highest BCUT2D eigenvalue weighted by Gasteiger charge is 2.20. The molecule has 0 bridgehead atoms. The summed E-state index contributed by atoms with van der Waals surface area (Å²) in [6.07, 6.45) is 7.87. The zero-order chi connectivity index (χ0) is 23.2. The lowest BCUT2D eigenvalue weighted by Crippen LogP contribution is -2.24. The van der Waals surface area contributed by atoms with Crippen LogP contribution in [0, 0.1) is 0 Å². The first kappa shape index (κ1) is 20.7. The second-order valence-electron chi connectivity index (χ2n) is 8.50. The Hall–Kier alpha value is -3.92. The van der Waals surface area contributed by atoms with E-state index in [1.54, 1.807) is 12.5 Å². The molecule has 172 valence electrons. The van der Waals surface area contributed by atoms with Gasteiger partial charge in [0, 0.05) is 22.6 Å². The monoisotopic (exact) mass is 475 g/mol. The SMILES string of the molecule is Nc1ncnc2c1ncn2Cc1cc(Cl)cc2cc(CNC(=O)c3cnn4c3CCCC4)[nH]c12. The van der Waals surface area contributed by atoms with Crippen LogP contribution in [0.15, 0.2) is 37.1 Å². The number of halogens is 1. The number of amides is 1. The summed E-state index contributed by atoms with van der Waals surface area (Å²) in [6, 6.07) is 5.82. The van der Waals surface area contributed by atoms with Crippen molar-refractivity contribution in [2.45, 2.75) is 38.9 Å². The molecule has 0 radical (unpaired) electrons. The molecule has 5 aromatic rings. The van der Waals surface area contributed by atoms with Crippen LogP contribution < -0.4 is 11.1 Å². The molecule has 0 fully saturated rings. The summed E-state index contributed by atoms with van der Waals surface area (Å²) >= 11 is 6.42. The van der Waals surface area contributed by atoms with Crippen molar-refractivity contribution < 1.29 is 4.79 Å². The molecule has 6 rings (SSSR count). The number of carbonyl (C=O) groups is 1. The largest absolute Gasteiger partial charge is 0.382 e. The molecule has 0 saturated heterocycles. The van der Waals surface area contributed by atoms with Crippen LogP contribution in [0.4, 0.5) is 5.82 Å². The van der Waals surface area contributed by atoms with Crippen molar-refractivity contribution in [2.75, 3.05) is 5.73 Å². The van der Waals surface area contributed by atoms with Crippen LogP contribution >= 0.6 is 11.6 Å². The van der Waals surface area contributed by atoms with E-state index in [0.29, 0.717) is 40.7 Å². The van der Waals surface area contributed by atoms with Gasteiger partial charge in [-0.15, -0.1) is 0 Å². The molecule has 1 amide bonds. The normalized spacial score (nSPS) is 13.4. The smallest absolute Gasteiger partial charge is 0.255 e. The number of aromatic amines is 1. The first-order valence-corrected chi connectivity index (χ1v) is 11.5. The molecule has 34 heavy (non-hydrogen) atoms. The Balaban J connectivity index is 1.26. The zero-order valence-corrected chi connectivity index (χ0v) is 19.0. The Morgan fingerprint density at radius 1 is 1.21 bits per heavy atom. The molecule has 0 aliphatic carbocycles. The van der Waals surface area contributed by atoms with E-state index >= 15 is 0 Å². The van der Waals surface area contributed by atoms with Crippen molar-refractivity contribution >= 4 is 45.4 Å². The number of hydrogen-bond donors (Lipinski definition) is 3. The fraction of sp³-hybridized carbons (Fsp3) is 0.261. The van der Waals surface area contributed by atoms with Crippen LogP contribution in [0.5, 0.6) is 0 Å². The van der Waals surface area contributed by atoms with E-state index in [2.05, 4.69) is 30.4 Å². The molecular weight excluding hydrogens is 454 g/mol. The molecule has 5 heterocycles. The second kappa shape index (κ2) is 8.14. The number of nitrogen functional groups attached to an aromatic ring is 1. The van der Waals surface area contributed by atoms with Gasteiger partial charge in [-0.25, -0.2) is 15.0 Å². The fourth-order valence-corrected chi connectivity index (χ4v) is 4.89. The fourth-order valence-electron chi connectivity index (χ4n) is 4.64. The second-order valence-corrected chi connectivity index (χ2v) is 8.93. The number of imidazole rings is 1. The van der Waals surface area contributed by atoms with Crippen molar-refractivity contribution in [3.8, 4) is 0 Å². The van der Waals surface area contributed by atoms with E-state index in [0.717, 1.165) is 53.7 Å². The predicted octanol–water partition coefficient (Wildman–Crippen LogP) is 3.05. The molecule has 11 heteroatoms. The van der Waals surface area contributed by atoms with Crippen LogP contribution in [-0.2, 0) is 26.1 Å². The van der Waals surface area contributed by atoms with Gasteiger partial charge in [-0.3, -0.25) is 9.48 Å². The van der Waals surface area contributed by atoms with Gasteiger partial charge in [0.2, 0.25) is 0 Å². The van der Waals surface area contributed by atoms with Gasteiger partial charge in [-0.2, -0.15) is 5.10 Å². The van der Waals surface area contributed by atoms with Crippen LogP contribution in [0.1, 0.15) is 40.2 Å². The zero-order valence-electron chi connectivity index (χ0n) is 18.3. The topological polar surface area (TPSA) is 132 Å². The molecule has 4 N–H and O–H groups in total. The summed E-state index contributed by atoms with van der Waals surface area (Å²) in [7, 11) is 0. The highest BCUT2D eigenvalue weighted by molar-refractivity contribution is 6.31. The van der Waals surface area contributed by atoms with Crippen molar-refractivity contribution in [3.05, 3.63) is 64.6 Å². The van der Waals surface area contributed by atoms with Crippen molar-refractivity contribution in [3.63, 3.8) is 0 Å². The van der Waals surface area contributed by atoms with E-state index in [9.17, 15) is 4.79 Å². The molecule has 4 aromatic heterocycles. The van der Waals surface area contributed by atoms with Crippen LogP contribution in [0.25, 0.3) is 22.1 Å². The number of hydrogen-bond acceptors (Lipinski definition) is 6. The van der Waals surface area contributed by atoms with E-state index in [4.69, 9.17) is 17.3 Å². The van der Waals surface area contributed by atoms with E-state index < -0.39 is 0 Å². The highest BCUT2D eigenvalue weighted by atomic mass is 35.5. The Kier molecular flexibility index (Phi) is 4.95. The number of anilines is 1. The predicted molar refractivity (Wildman–Crippen MR) is 128 cm³/mol. The van der Waals surface area contributed by atoms with Gasteiger partial charge in [-0.1, -0.05) is 11.6 Å². The summed E-state index contributed by atoms with van der Waals surface area (Å²) in [5, 5.41) is 8.97. The molecule has 0 spiro atoms. The first-order chi connectivity index (χ1) is 16.6. The maximum Gasteiger partial charge on any atom is 0.255 e. The molecule has 1 aromatic carbocycles. The number of nitrogens with one attached hydrogen (secondary N) is 2. The van der Waals surface area contributed by atoms with Gasteiger partial charge in [0.05, 0.1) is 42.4 Å². The van der Waals surface area contributed by atoms with Gasteiger partial charge in [0.25, 0.3) is 5.91 Å². The summed E-state index contributed by atoms with van der Waals surface area (Å²) in [5.41, 5.74) is 11.6. The molecular formula is C23H22ClN9O. The highest BCUT2D eigenvalue weighted by Crippen LogP contribution is 2.27. The molecule has 1 aliphatic heterocycles. The minimum atomic E-state index is -0.109. The van der Waals surface area contributed by atoms with Crippen molar-refractivity contribution in [2.24, 2.45) is 0 Å². The van der Waals surface area contributed by atoms with Crippen LogP contribution in [-0.4, -0.2) is 40.2 Å². The van der Waals surface area contributed by atoms with Gasteiger partial charge in [0.15, 0.2) is 11.5 Å². The standard InChI is InChI=1S/C23H22ClN9O/c24-15-5-13-7-16(8-26-23(34)17-9-30-33-4-2-1-3-18(17)33)31-19(13)14(6-15)10-32-12-29-20-21(25)27-11-28-22(20)32/h5-7,9,11-12,31H,1-4,8,10H2,(H,26,34)(H2,25,27,28). The number of nitrogens with zero attached hydrogens (tertiary/aromatic N) is 6. The van der Waals surface area contributed by atoms with Gasteiger partial charge < -0.3 is 20.6 Å². The molecule has 10 nitrogen and oxygen atoms in total.